The SMILES string of the molecule is CCCCCCCCCCOCCOCCOCCOCCOCCOCCCCCC(=O)Nc1cccc2c1C(=O)N(C1CCC(=O)NC1=O)C2=O. The van der Waals surface area contributed by atoms with Gasteiger partial charge >= 0.3 is 0 Å². The first kappa shape index (κ1) is 44.1. The van der Waals surface area contributed by atoms with Crippen LogP contribution in [0.4, 0.5) is 5.69 Å². The number of rotatable bonds is 32. The maximum atomic E-state index is 13.2. The highest BCUT2D eigenvalue weighted by Gasteiger charge is 2.45. The highest BCUT2D eigenvalue weighted by molar-refractivity contribution is 6.26. The molecule has 53 heavy (non-hydrogen) atoms. The number of nitrogens with zero attached hydrogens (tertiary/aromatic N) is 1. The largest absolute Gasteiger partial charge is 0.379 e. The topological polar surface area (TPSA) is 168 Å². The van der Waals surface area contributed by atoms with Crippen LogP contribution in [0.15, 0.2) is 18.2 Å². The number of unbranched alkanes of at least 4 members (excludes halogenated alkanes) is 9. The smallest absolute Gasteiger partial charge is 0.264 e. The first-order valence-corrected chi connectivity index (χ1v) is 19.5. The van der Waals surface area contributed by atoms with Gasteiger partial charge in [-0.05, 0) is 37.8 Å². The second-order valence-electron chi connectivity index (χ2n) is 13.2. The monoisotopic (exact) mass is 747 g/mol. The van der Waals surface area contributed by atoms with E-state index in [4.69, 9.17) is 28.4 Å². The summed E-state index contributed by atoms with van der Waals surface area (Å²) >= 11 is 0. The third-order valence-electron chi connectivity index (χ3n) is 8.94. The van der Waals surface area contributed by atoms with Gasteiger partial charge in [-0.15, -0.1) is 0 Å². The third kappa shape index (κ3) is 17.2. The van der Waals surface area contributed by atoms with Crippen LogP contribution in [0.2, 0.25) is 0 Å². The molecule has 298 valence electrons. The van der Waals surface area contributed by atoms with Crippen molar-refractivity contribution in [1.29, 1.82) is 0 Å². The van der Waals surface area contributed by atoms with Crippen molar-refractivity contribution in [2.45, 2.75) is 103 Å². The Morgan fingerprint density at radius 1 is 0.660 bits per heavy atom. The Morgan fingerprint density at radius 3 is 1.68 bits per heavy atom. The van der Waals surface area contributed by atoms with E-state index in [9.17, 15) is 24.0 Å². The van der Waals surface area contributed by atoms with Gasteiger partial charge < -0.3 is 33.7 Å². The normalized spacial score (nSPS) is 15.6. The summed E-state index contributed by atoms with van der Waals surface area (Å²) in [6.07, 6.45) is 12.9. The first-order valence-electron chi connectivity index (χ1n) is 19.5. The molecule has 0 saturated carbocycles. The number of fused-ring (bicyclic) bond motifs is 1. The summed E-state index contributed by atoms with van der Waals surface area (Å²) in [4.78, 5) is 63.5. The van der Waals surface area contributed by atoms with Gasteiger partial charge in [-0.25, -0.2) is 0 Å². The molecule has 1 aromatic carbocycles. The molecule has 1 unspecified atom stereocenters. The van der Waals surface area contributed by atoms with E-state index >= 15 is 0 Å². The molecule has 0 radical (unpaired) electrons. The summed E-state index contributed by atoms with van der Waals surface area (Å²) in [5.41, 5.74) is 0.406. The molecule has 1 atom stereocenters. The number of carbonyl (C=O) groups is 5. The Bertz CT molecular complexity index is 1260. The van der Waals surface area contributed by atoms with Crippen LogP contribution in [0.3, 0.4) is 0 Å². The van der Waals surface area contributed by atoms with Gasteiger partial charge in [0.05, 0.1) is 82.9 Å². The molecule has 0 spiro atoms. The number of benzene rings is 1. The molecular formula is C39H61N3O11. The Morgan fingerprint density at radius 2 is 1.15 bits per heavy atom. The second kappa shape index (κ2) is 27.3. The molecule has 5 amide bonds. The van der Waals surface area contributed by atoms with Crippen molar-refractivity contribution >= 4 is 35.2 Å². The zero-order valence-electron chi connectivity index (χ0n) is 31.6. The molecular weight excluding hydrogens is 686 g/mol. The van der Waals surface area contributed by atoms with Crippen molar-refractivity contribution in [3.8, 4) is 0 Å². The van der Waals surface area contributed by atoms with Crippen LogP contribution < -0.4 is 10.6 Å². The van der Waals surface area contributed by atoms with E-state index in [1.54, 1.807) is 12.1 Å². The van der Waals surface area contributed by atoms with Gasteiger partial charge in [-0.3, -0.25) is 34.2 Å². The summed E-state index contributed by atoms with van der Waals surface area (Å²) in [6, 6.07) is 3.56. The highest BCUT2D eigenvalue weighted by atomic mass is 16.6. The molecule has 3 rings (SSSR count). The minimum absolute atomic E-state index is 0.0346. The van der Waals surface area contributed by atoms with Gasteiger partial charge in [0, 0.05) is 26.1 Å². The molecule has 1 aromatic rings. The number of nitrogens with one attached hydrogen (secondary N) is 2. The number of imide groups is 2. The molecule has 2 aliphatic rings. The van der Waals surface area contributed by atoms with Crippen LogP contribution in [-0.2, 0) is 42.8 Å². The predicted octanol–water partition coefficient (Wildman–Crippen LogP) is 4.83. The van der Waals surface area contributed by atoms with Crippen molar-refractivity contribution in [2.24, 2.45) is 0 Å². The van der Waals surface area contributed by atoms with Gasteiger partial charge in [0.25, 0.3) is 11.8 Å². The lowest BCUT2D eigenvalue weighted by atomic mass is 10.0. The van der Waals surface area contributed by atoms with E-state index in [1.807, 2.05) is 0 Å². The average molecular weight is 748 g/mol. The van der Waals surface area contributed by atoms with E-state index in [1.165, 1.54) is 51.0 Å². The van der Waals surface area contributed by atoms with Crippen molar-refractivity contribution in [1.82, 2.24) is 10.2 Å². The number of hydrogen-bond acceptors (Lipinski definition) is 11. The highest BCUT2D eigenvalue weighted by Crippen LogP contribution is 2.32. The van der Waals surface area contributed by atoms with E-state index in [0.717, 1.165) is 30.8 Å². The van der Waals surface area contributed by atoms with Crippen LogP contribution >= 0.6 is 0 Å². The maximum Gasteiger partial charge on any atom is 0.264 e. The van der Waals surface area contributed by atoms with Gasteiger partial charge in [-0.1, -0.05) is 64.4 Å². The van der Waals surface area contributed by atoms with E-state index < -0.39 is 29.7 Å². The molecule has 0 aromatic heterocycles. The summed E-state index contributed by atoms with van der Waals surface area (Å²) in [5.74, 6) is -2.68. The van der Waals surface area contributed by atoms with Crippen LogP contribution in [0.1, 0.15) is 118 Å². The minimum Gasteiger partial charge on any atom is -0.379 e. The Hall–Kier alpha value is -3.27. The number of anilines is 1. The van der Waals surface area contributed by atoms with Crippen molar-refractivity contribution < 1.29 is 52.4 Å². The fourth-order valence-corrected chi connectivity index (χ4v) is 6.04. The second-order valence-corrected chi connectivity index (χ2v) is 13.2. The lowest BCUT2D eigenvalue weighted by molar-refractivity contribution is -0.136. The number of carbonyl (C=O) groups excluding carboxylic acids is 5. The fraction of sp³-hybridized carbons (Fsp3) is 0.718. The molecule has 2 N–H and O–H groups in total. The quantitative estimate of drug-likeness (QED) is 0.0766. The van der Waals surface area contributed by atoms with E-state index in [-0.39, 0.29) is 42.0 Å². The van der Waals surface area contributed by atoms with Gasteiger partial charge in [0.2, 0.25) is 17.7 Å². The van der Waals surface area contributed by atoms with Crippen LogP contribution in [0, 0.1) is 0 Å². The Labute approximate surface area is 314 Å². The van der Waals surface area contributed by atoms with Gasteiger partial charge in [0.1, 0.15) is 6.04 Å². The molecule has 14 heteroatoms. The number of amides is 5. The Kier molecular flexibility index (Phi) is 22.8. The summed E-state index contributed by atoms with van der Waals surface area (Å²) < 4.78 is 33.3. The van der Waals surface area contributed by atoms with Crippen LogP contribution in [0.5, 0.6) is 0 Å². The first-order chi connectivity index (χ1) is 25.9. The zero-order valence-corrected chi connectivity index (χ0v) is 31.6. The van der Waals surface area contributed by atoms with Crippen molar-refractivity contribution in [2.75, 3.05) is 84.6 Å². The summed E-state index contributed by atoms with van der Waals surface area (Å²) in [5, 5.41) is 4.91. The van der Waals surface area contributed by atoms with E-state index in [0.29, 0.717) is 79.1 Å². The standard InChI is InChI=1S/C39H61N3O11/c1-2-3-4-5-6-7-8-11-19-48-21-23-50-25-27-52-29-30-53-28-26-51-24-22-49-20-12-9-10-16-34(43)40-32-15-13-14-31-36(32)39(47)42(38(31)46)33-17-18-35(44)41-37(33)45/h13-15,33H,2-12,16-30H2,1H3,(H,40,43)(H,41,44,45). The number of ether oxygens (including phenoxy) is 6. The lowest BCUT2D eigenvalue weighted by Gasteiger charge is -2.27. The molecule has 2 heterocycles. The van der Waals surface area contributed by atoms with Gasteiger partial charge in [-0.2, -0.15) is 0 Å². The lowest BCUT2D eigenvalue weighted by Crippen LogP contribution is -2.54. The molecule has 2 aliphatic heterocycles. The third-order valence-corrected chi connectivity index (χ3v) is 8.94. The Balaban J connectivity index is 1.06. The van der Waals surface area contributed by atoms with Crippen molar-refractivity contribution in [3.05, 3.63) is 29.3 Å². The molecule has 0 aliphatic carbocycles. The van der Waals surface area contributed by atoms with Crippen molar-refractivity contribution in [3.63, 3.8) is 0 Å². The van der Waals surface area contributed by atoms with E-state index in [2.05, 4.69) is 17.6 Å². The van der Waals surface area contributed by atoms with Gasteiger partial charge in [0.15, 0.2) is 0 Å². The summed E-state index contributed by atoms with van der Waals surface area (Å²) in [7, 11) is 0. The maximum absolute atomic E-state index is 13.2. The molecule has 14 nitrogen and oxygen atoms in total. The predicted molar refractivity (Wildman–Crippen MR) is 198 cm³/mol. The zero-order chi connectivity index (χ0) is 37.9. The number of piperidine rings is 1. The summed E-state index contributed by atoms with van der Waals surface area (Å²) in [6.45, 7) is 8.76. The number of hydrogen-bond donors (Lipinski definition) is 2. The molecule has 1 saturated heterocycles. The molecule has 1 fully saturated rings. The average Bonchev–Trinajstić information content (AvgIpc) is 3.40. The van der Waals surface area contributed by atoms with Crippen LogP contribution in [-0.4, -0.2) is 120 Å². The fourth-order valence-electron chi connectivity index (χ4n) is 6.04. The van der Waals surface area contributed by atoms with Crippen LogP contribution in [0.25, 0.3) is 0 Å². The molecule has 0 bridgehead atoms. The minimum atomic E-state index is -1.07.